The van der Waals surface area contributed by atoms with Crippen molar-refractivity contribution in [1.82, 2.24) is 4.98 Å². The minimum Gasteiger partial charge on any atom is -0.478 e. The van der Waals surface area contributed by atoms with Crippen molar-refractivity contribution in [2.75, 3.05) is 0 Å². The largest absolute Gasteiger partial charge is 0.478 e. The first-order valence-corrected chi connectivity index (χ1v) is 5.55. The fraction of sp³-hybridized carbons (Fsp3) is 0.0714. The summed E-state index contributed by atoms with van der Waals surface area (Å²) >= 11 is 0. The van der Waals surface area contributed by atoms with E-state index in [9.17, 15) is 9.59 Å². The van der Waals surface area contributed by atoms with E-state index in [1.165, 1.54) is 18.3 Å². The summed E-state index contributed by atoms with van der Waals surface area (Å²) in [6.07, 6.45) is 1.35. The zero-order chi connectivity index (χ0) is 13.8. The molecule has 0 aliphatic carbocycles. The van der Waals surface area contributed by atoms with Crippen molar-refractivity contribution >= 4 is 11.9 Å². The molecule has 0 amide bonds. The van der Waals surface area contributed by atoms with Crippen molar-refractivity contribution in [2.45, 2.75) is 6.92 Å². The van der Waals surface area contributed by atoms with Gasteiger partial charge in [0.2, 0.25) is 0 Å². The zero-order valence-electron chi connectivity index (χ0n) is 10.2. The number of pyridine rings is 1. The van der Waals surface area contributed by atoms with Gasteiger partial charge < -0.3 is 9.84 Å². The number of carboxylic acid groups (broad SMARTS) is 1. The Hall–Kier alpha value is -2.69. The maximum Gasteiger partial charge on any atom is 0.363 e. The number of hydrogen-bond donors (Lipinski definition) is 1. The van der Waals surface area contributed by atoms with Gasteiger partial charge in [0.25, 0.3) is 0 Å². The van der Waals surface area contributed by atoms with Crippen LogP contribution in [0.5, 0.6) is 5.75 Å². The van der Waals surface area contributed by atoms with E-state index in [4.69, 9.17) is 9.84 Å². The lowest BCUT2D eigenvalue weighted by Crippen LogP contribution is -2.15. The Morgan fingerprint density at radius 2 is 1.84 bits per heavy atom. The van der Waals surface area contributed by atoms with Gasteiger partial charge in [-0.15, -0.1) is 0 Å². The molecule has 0 saturated heterocycles. The van der Waals surface area contributed by atoms with Crippen LogP contribution in [0.15, 0.2) is 42.6 Å². The van der Waals surface area contributed by atoms with Gasteiger partial charge >= 0.3 is 11.9 Å². The van der Waals surface area contributed by atoms with Crippen molar-refractivity contribution < 1.29 is 19.4 Å². The van der Waals surface area contributed by atoms with E-state index in [0.717, 1.165) is 5.56 Å². The number of esters is 1. The van der Waals surface area contributed by atoms with E-state index in [2.05, 4.69) is 4.98 Å². The van der Waals surface area contributed by atoms with Crippen LogP contribution in [0, 0.1) is 6.92 Å². The molecule has 5 heteroatoms. The second kappa shape index (κ2) is 5.30. The third-order valence-corrected chi connectivity index (χ3v) is 2.46. The van der Waals surface area contributed by atoms with Gasteiger partial charge in [-0.05, 0) is 31.2 Å². The van der Waals surface area contributed by atoms with Crippen LogP contribution >= 0.6 is 0 Å². The number of carboxylic acids is 1. The maximum atomic E-state index is 11.9. The molecule has 0 spiro atoms. The van der Waals surface area contributed by atoms with Gasteiger partial charge in [0.05, 0.1) is 5.56 Å². The lowest BCUT2D eigenvalue weighted by atomic mass is 10.2. The smallest absolute Gasteiger partial charge is 0.363 e. The van der Waals surface area contributed by atoms with Crippen molar-refractivity contribution in [3.8, 4) is 5.75 Å². The summed E-state index contributed by atoms with van der Waals surface area (Å²) in [7, 11) is 0. The second-order valence-electron chi connectivity index (χ2n) is 3.91. The third kappa shape index (κ3) is 2.95. The van der Waals surface area contributed by atoms with E-state index in [1.54, 1.807) is 24.3 Å². The molecule has 0 saturated carbocycles. The molecule has 96 valence electrons. The van der Waals surface area contributed by atoms with Gasteiger partial charge in [-0.2, -0.15) is 0 Å². The van der Waals surface area contributed by atoms with E-state index in [-0.39, 0.29) is 11.3 Å². The molecule has 0 fully saturated rings. The molecule has 1 N–H and O–H groups in total. The molecular weight excluding hydrogens is 246 g/mol. The van der Waals surface area contributed by atoms with Crippen LogP contribution in [-0.2, 0) is 0 Å². The van der Waals surface area contributed by atoms with E-state index in [1.807, 2.05) is 6.92 Å². The lowest BCUT2D eigenvalue weighted by molar-refractivity contribution is 0.0664. The van der Waals surface area contributed by atoms with Crippen LogP contribution in [-0.4, -0.2) is 22.0 Å². The average Bonchev–Trinajstić information content (AvgIpc) is 2.41. The Kier molecular flexibility index (Phi) is 3.56. The average molecular weight is 257 g/mol. The van der Waals surface area contributed by atoms with Crippen molar-refractivity contribution in [1.29, 1.82) is 0 Å². The summed E-state index contributed by atoms with van der Waals surface area (Å²) in [4.78, 5) is 26.6. The molecular formula is C14H11NO4. The Morgan fingerprint density at radius 1 is 1.16 bits per heavy atom. The number of rotatable bonds is 3. The summed E-state index contributed by atoms with van der Waals surface area (Å²) in [6, 6.07) is 9.61. The normalized spacial score (nSPS) is 9.95. The standard InChI is InChI=1S/C14H11NO4/c1-9-4-6-10(7-5-9)19-14(18)12-11(13(16)17)3-2-8-15-12/h2-8H,1H3,(H,16,17). The van der Waals surface area contributed by atoms with Gasteiger partial charge in [0, 0.05) is 6.20 Å². The van der Waals surface area contributed by atoms with Gasteiger partial charge in [-0.1, -0.05) is 17.7 Å². The summed E-state index contributed by atoms with van der Waals surface area (Å²) in [5, 5.41) is 8.97. The number of benzene rings is 1. The topological polar surface area (TPSA) is 76.5 Å². The molecule has 0 aliphatic rings. The zero-order valence-corrected chi connectivity index (χ0v) is 10.2. The highest BCUT2D eigenvalue weighted by atomic mass is 16.5. The summed E-state index contributed by atoms with van der Waals surface area (Å²) in [5.41, 5.74) is 0.638. The number of aromatic carboxylic acids is 1. The number of nitrogens with zero attached hydrogens (tertiary/aromatic N) is 1. The first-order valence-electron chi connectivity index (χ1n) is 5.55. The number of carbonyl (C=O) groups is 2. The van der Waals surface area contributed by atoms with Crippen LogP contribution in [0.4, 0.5) is 0 Å². The lowest BCUT2D eigenvalue weighted by Gasteiger charge is -2.06. The van der Waals surface area contributed by atoms with Crippen LogP contribution in [0.1, 0.15) is 26.4 Å². The fourth-order valence-corrected chi connectivity index (χ4v) is 1.50. The van der Waals surface area contributed by atoms with Crippen molar-refractivity contribution in [3.05, 3.63) is 59.4 Å². The molecule has 0 atom stereocenters. The highest BCUT2D eigenvalue weighted by Gasteiger charge is 2.19. The molecule has 2 rings (SSSR count). The highest BCUT2D eigenvalue weighted by molar-refractivity contribution is 6.01. The molecule has 19 heavy (non-hydrogen) atoms. The minimum atomic E-state index is -1.22. The summed E-state index contributed by atoms with van der Waals surface area (Å²) in [5.74, 6) is -1.66. The molecule has 0 radical (unpaired) electrons. The Morgan fingerprint density at radius 3 is 2.47 bits per heavy atom. The van der Waals surface area contributed by atoms with E-state index < -0.39 is 11.9 Å². The first kappa shape index (κ1) is 12.8. The third-order valence-electron chi connectivity index (χ3n) is 2.46. The van der Waals surface area contributed by atoms with Crippen molar-refractivity contribution in [3.63, 3.8) is 0 Å². The molecule has 1 aromatic carbocycles. The highest BCUT2D eigenvalue weighted by Crippen LogP contribution is 2.14. The quantitative estimate of drug-likeness (QED) is 0.674. The summed E-state index contributed by atoms with van der Waals surface area (Å²) < 4.78 is 5.08. The van der Waals surface area contributed by atoms with Gasteiger partial charge in [-0.25, -0.2) is 14.6 Å². The predicted octanol–water partition coefficient (Wildman–Crippen LogP) is 2.31. The minimum absolute atomic E-state index is 0.181. The number of hydrogen-bond acceptors (Lipinski definition) is 4. The van der Waals surface area contributed by atoms with Crippen LogP contribution in [0.25, 0.3) is 0 Å². The molecule has 5 nitrogen and oxygen atoms in total. The van der Waals surface area contributed by atoms with Gasteiger partial charge in [0.1, 0.15) is 5.75 Å². The molecule has 0 unspecified atom stereocenters. The Balaban J connectivity index is 2.25. The number of ether oxygens (including phenoxy) is 1. The van der Waals surface area contributed by atoms with Gasteiger partial charge in [0.15, 0.2) is 5.69 Å². The van der Waals surface area contributed by atoms with Crippen LogP contribution in [0.2, 0.25) is 0 Å². The van der Waals surface area contributed by atoms with E-state index in [0.29, 0.717) is 5.75 Å². The van der Waals surface area contributed by atoms with Crippen LogP contribution in [0.3, 0.4) is 0 Å². The molecule has 2 aromatic rings. The van der Waals surface area contributed by atoms with E-state index >= 15 is 0 Å². The van der Waals surface area contributed by atoms with Crippen molar-refractivity contribution in [2.24, 2.45) is 0 Å². The maximum absolute atomic E-state index is 11.9. The molecule has 0 bridgehead atoms. The monoisotopic (exact) mass is 257 g/mol. The first-order chi connectivity index (χ1) is 9.08. The molecule has 1 heterocycles. The molecule has 0 aliphatic heterocycles. The SMILES string of the molecule is Cc1ccc(OC(=O)c2ncccc2C(=O)O)cc1. The Bertz CT molecular complexity index is 620. The number of aromatic nitrogens is 1. The van der Waals surface area contributed by atoms with Gasteiger partial charge in [-0.3, -0.25) is 0 Å². The molecule has 1 aromatic heterocycles. The predicted molar refractivity (Wildman–Crippen MR) is 67.3 cm³/mol. The number of carbonyl (C=O) groups excluding carboxylic acids is 1. The Labute approximate surface area is 109 Å². The fourth-order valence-electron chi connectivity index (χ4n) is 1.50. The summed E-state index contributed by atoms with van der Waals surface area (Å²) in [6.45, 7) is 1.91. The second-order valence-corrected chi connectivity index (χ2v) is 3.91. The number of aryl methyl sites for hydroxylation is 1. The van der Waals surface area contributed by atoms with Crippen LogP contribution < -0.4 is 4.74 Å².